The number of methoxy groups -OCH3 is 1. The maximum absolute atomic E-state index is 10.1. The van der Waals surface area contributed by atoms with E-state index < -0.39 is 6.10 Å². The maximum Gasteiger partial charge on any atom is 0.121 e. The SMILES string of the molecule is COc1cccc(C(O)COc2ccc(C#N)c(Cl)c2)c1. The molecule has 4 nitrogen and oxygen atoms in total. The molecule has 0 aliphatic carbocycles. The fraction of sp³-hybridized carbons (Fsp3) is 0.188. The number of aliphatic hydroxyl groups is 1. The second kappa shape index (κ2) is 6.98. The van der Waals surface area contributed by atoms with Crippen LogP contribution >= 0.6 is 11.6 Å². The lowest BCUT2D eigenvalue weighted by Crippen LogP contribution is -2.09. The highest BCUT2D eigenvalue weighted by Crippen LogP contribution is 2.24. The van der Waals surface area contributed by atoms with E-state index in [9.17, 15) is 5.11 Å². The predicted octanol–water partition coefficient (Wildman–Crippen LogP) is 3.33. The fourth-order valence-electron chi connectivity index (χ4n) is 1.80. The van der Waals surface area contributed by atoms with E-state index in [-0.39, 0.29) is 6.61 Å². The zero-order valence-corrected chi connectivity index (χ0v) is 12.2. The van der Waals surface area contributed by atoms with Crippen LogP contribution in [0.3, 0.4) is 0 Å². The van der Waals surface area contributed by atoms with Crippen molar-refractivity contribution in [1.82, 2.24) is 0 Å². The van der Waals surface area contributed by atoms with Crippen molar-refractivity contribution in [3.8, 4) is 17.6 Å². The van der Waals surface area contributed by atoms with Crippen molar-refractivity contribution in [3.05, 3.63) is 58.6 Å². The van der Waals surface area contributed by atoms with Crippen molar-refractivity contribution in [2.75, 3.05) is 13.7 Å². The van der Waals surface area contributed by atoms with Crippen LogP contribution < -0.4 is 9.47 Å². The van der Waals surface area contributed by atoms with Crippen LogP contribution in [0, 0.1) is 11.3 Å². The zero-order chi connectivity index (χ0) is 15.2. The summed E-state index contributed by atoms with van der Waals surface area (Å²) in [5.74, 6) is 1.17. The Morgan fingerprint density at radius 1 is 1.24 bits per heavy atom. The molecule has 21 heavy (non-hydrogen) atoms. The molecule has 108 valence electrons. The highest BCUT2D eigenvalue weighted by Gasteiger charge is 2.10. The van der Waals surface area contributed by atoms with Gasteiger partial charge in [-0.1, -0.05) is 23.7 Å². The van der Waals surface area contributed by atoms with E-state index in [1.807, 2.05) is 6.07 Å². The number of halogens is 1. The number of aliphatic hydroxyl groups excluding tert-OH is 1. The molecule has 0 radical (unpaired) electrons. The lowest BCUT2D eigenvalue weighted by Gasteiger charge is -2.14. The molecule has 0 saturated heterocycles. The number of rotatable bonds is 5. The Bertz CT molecular complexity index is 667. The van der Waals surface area contributed by atoms with E-state index in [0.29, 0.717) is 27.6 Å². The molecule has 0 aromatic heterocycles. The number of benzene rings is 2. The van der Waals surface area contributed by atoms with Gasteiger partial charge in [-0.3, -0.25) is 0 Å². The molecular formula is C16H14ClNO3. The largest absolute Gasteiger partial charge is 0.497 e. The second-order valence-corrected chi connectivity index (χ2v) is 4.76. The van der Waals surface area contributed by atoms with E-state index in [1.54, 1.807) is 49.6 Å². The van der Waals surface area contributed by atoms with Crippen molar-refractivity contribution in [2.45, 2.75) is 6.10 Å². The summed E-state index contributed by atoms with van der Waals surface area (Å²) >= 11 is 5.92. The van der Waals surface area contributed by atoms with E-state index in [1.165, 1.54) is 0 Å². The van der Waals surface area contributed by atoms with Gasteiger partial charge in [0.15, 0.2) is 0 Å². The number of ether oxygens (including phenoxy) is 2. The highest BCUT2D eigenvalue weighted by atomic mass is 35.5. The van der Waals surface area contributed by atoms with Gasteiger partial charge < -0.3 is 14.6 Å². The minimum atomic E-state index is -0.783. The Hall–Kier alpha value is -2.22. The molecule has 5 heteroatoms. The van der Waals surface area contributed by atoms with Gasteiger partial charge in [0.25, 0.3) is 0 Å². The molecule has 1 atom stereocenters. The normalized spacial score (nSPS) is 11.5. The highest BCUT2D eigenvalue weighted by molar-refractivity contribution is 6.31. The van der Waals surface area contributed by atoms with Crippen LogP contribution in [0.15, 0.2) is 42.5 Å². The van der Waals surface area contributed by atoms with E-state index in [4.69, 9.17) is 26.3 Å². The molecular weight excluding hydrogens is 290 g/mol. The third-order valence-electron chi connectivity index (χ3n) is 2.95. The van der Waals surface area contributed by atoms with E-state index in [2.05, 4.69) is 0 Å². The molecule has 0 saturated carbocycles. The monoisotopic (exact) mass is 303 g/mol. The van der Waals surface area contributed by atoms with E-state index in [0.717, 1.165) is 0 Å². The summed E-state index contributed by atoms with van der Waals surface area (Å²) in [5, 5.41) is 19.2. The zero-order valence-electron chi connectivity index (χ0n) is 11.4. The van der Waals surface area contributed by atoms with Gasteiger partial charge in [0, 0.05) is 6.07 Å². The van der Waals surface area contributed by atoms with Crippen LogP contribution in [-0.4, -0.2) is 18.8 Å². The van der Waals surface area contributed by atoms with Gasteiger partial charge >= 0.3 is 0 Å². The third kappa shape index (κ3) is 3.88. The van der Waals surface area contributed by atoms with Crippen LogP contribution in [0.1, 0.15) is 17.2 Å². The summed E-state index contributed by atoms with van der Waals surface area (Å²) in [6.45, 7) is 0.0788. The first-order valence-electron chi connectivity index (χ1n) is 6.28. The lowest BCUT2D eigenvalue weighted by molar-refractivity contribution is 0.108. The van der Waals surface area contributed by atoms with Crippen LogP contribution in [-0.2, 0) is 0 Å². The second-order valence-electron chi connectivity index (χ2n) is 4.36. The molecule has 0 aliphatic heterocycles. The molecule has 0 heterocycles. The fourth-order valence-corrected chi connectivity index (χ4v) is 2.01. The maximum atomic E-state index is 10.1. The molecule has 1 unspecified atom stereocenters. The minimum Gasteiger partial charge on any atom is -0.497 e. The first-order valence-corrected chi connectivity index (χ1v) is 6.66. The molecule has 0 aliphatic rings. The summed E-state index contributed by atoms with van der Waals surface area (Å²) in [4.78, 5) is 0. The predicted molar refractivity (Wildman–Crippen MR) is 79.6 cm³/mol. The Labute approximate surface area is 128 Å². The Morgan fingerprint density at radius 2 is 2.05 bits per heavy atom. The molecule has 0 spiro atoms. The van der Waals surface area contributed by atoms with Gasteiger partial charge in [0.1, 0.15) is 30.3 Å². The Kier molecular flexibility index (Phi) is 5.04. The van der Waals surface area contributed by atoms with E-state index >= 15 is 0 Å². The number of nitriles is 1. The molecule has 0 bridgehead atoms. The summed E-state index contributed by atoms with van der Waals surface area (Å²) < 4.78 is 10.6. The average Bonchev–Trinajstić information content (AvgIpc) is 2.52. The summed E-state index contributed by atoms with van der Waals surface area (Å²) in [6.07, 6.45) is -0.783. The third-order valence-corrected chi connectivity index (χ3v) is 3.26. The molecule has 0 fully saturated rings. The number of nitrogens with zero attached hydrogens (tertiary/aromatic N) is 1. The van der Waals surface area contributed by atoms with Crippen molar-refractivity contribution < 1.29 is 14.6 Å². The van der Waals surface area contributed by atoms with Gasteiger partial charge in [-0.15, -0.1) is 0 Å². The van der Waals surface area contributed by atoms with Gasteiger partial charge in [0.05, 0.1) is 17.7 Å². The average molecular weight is 304 g/mol. The Balaban J connectivity index is 2.02. The van der Waals surface area contributed by atoms with Crippen LogP contribution in [0.2, 0.25) is 5.02 Å². The summed E-state index contributed by atoms with van der Waals surface area (Å²) in [5.41, 5.74) is 1.09. The quantitative estimate of drug-likeness (QED) is 0.920. The standard InChI is InChI=1S/C16H14ClNO3/c1-20-13-4-2-3-11(7-13)16(19)10-21-14-6-5-12(9-18)15(17)8-14/h2-8,16,19H,10H2,1H3. The first-order chi connectivity index (χ1) is 10.1. The summed E-state index contributed by atoms with van der Waals surface area (Å²) in [6, 6.07) is 13.9. The smallest absolute Gasteiger partial charge is 0.121 e. The number of hydrogen-bond donors (Lipinski definition) is 1. The molecule has 2 rings (SSSR count). The lowest BCUT2D eigenvalue weighted by atomic mass is 10.1. The Morgan fingerprint density at radius 3 is 2.71 bits per heavy atom. The van der Waals surface area contributed by atoms with Gasteiger partial charge in [0.2, 0.25) is 0 Å². The molecule has 2 aromatic carbocycles. The van der Waals surface area contributed by atoms with Crippen LogP contribution in [0.4, 0.5) is 0 Å². The van der Waals surface area contributed by atoms with Crippen LogP contribution in [0.25, 0.3) is 0 Å². The molecule has 0 amide bonds. The molecule has 2 aromatic rings. The van der Waals surface area contributed by atoms with Gasteiger partial charge in [-0.25, -0.2) is 0 Å². The van der Waals surface area contributed by atoms with Gasteiger partial charge in [-0.2, -0.15) is 5.26 Å². The summed E-state index contributed by atoms with van der Waals surface area (Å²) in [7, 11) is 1.57. The number of hydrogen-bond acceptors (Lipinski definition) is 4. The van der Waals surface area contributed by atoms with Crippen molar-refractivity contribution in [2.24, 2.45) is 0 Å². The van der Waals surface area contributed by atoms with Crippen molar-refractivity contribution in [3.63, 3.8) is 0 Å². The molecule has 1 N–H and O–H groups in total. The van der Waals surface area contributed by atoms with Crippen molar-refractivity contribution in [1.29, 1.82) is 5.26 Å². The minimum absolute atomic E-state index is 0.0788. The van der Waals surface area contributed by atoms with Gasteiger partial charge in [-0.05, 0) is 29.8 Å². The first kappa shape index (κ1) is 15.2. The van der Waals surface area contributed by atoms with Crippen LogP contribution in [0.5, 0.6) is 11.5 Å². The van der Waals surface area contributed by atoms with Crippen molar-refractivity contribution >= 4 is 11.6 Å². The topological polar surface area (TPSA) is 62.5 Å².